The second kappa shape index (κ2) is 4.92. The zero-order valence-electron chi connectivity index (χ0n) is 9.90. The Balaban J connectivity index is 2.15. The normalized spacial score (nSPS) is 10.7. The van der Waals surface area contributed by atoms with E-state index < -0.39 is 0 Å². The molecule has 0 bridgehead atoms. The van der Waals surface area contributed by atoms with E-state index >= 15 is 0 Å². The van der Waals surface area contributed by atoms with Gasteiger partial charge in [-0.15, -0.1) is 5.10 Å². The third-order valence-corrected chi connectivity index (χ3v) is 2.53. The van der Waals surface area contributed by atoms with Gasteiger partial charge in [-0.2, -0.15) is 0 Å². The zero-order chi connectivity index (χ0) is 12.3. The Morgan fingerprint density at radius 3 is 3.00 bits per heavy atom. The topological polar surface area (TPSA) is 71.8 Å². The van der Waals surface area contributed by atoms with Crippen molar-refractivity contribution >= 4 is 16.9 Å². The molecule has 0 radical (unpaired) electrons. The van der Waals surface area contributed by atoms with Crippen LogP contribution in [-0.2, 0) is 7.05 Å². The summed E-state index contributed by atoms with van der Waals surface area (Å²) in [5, 5.41) is 13.7. The number of hydrogen-bond donors (Lipinski definition) is 2. The van der Waals surface area contributed by atoms with Crippen molar-refractivity contribution in [2.24, 2.45) is 7.05 Å². The highest BCUT2D eigenvalue weighted by Gasteiger charge is 2.08. The molecule has 2 N–H and O–H groups in total. The highest BCUT2D eigenvalue weighted by Crippen LogP contribution is 2.12. The van der Waals surface area contributed by atoms with Crippen LogP contribution in [0.1, 0.15) is 10.4 Å². The Bertz CT molecular complexity index is 534. The smallest absolute Gasteiger partial charge is 0.251 e. The Morgan fingerprint density at radius 1 is 1.41 bits per heavy atom. The Morgan fingerprint density at radius 2 is 2.24 bits per heavy atom. The molecule has 0 saturated heterocycles. The van der Waals surface area contributed by atoms with E-state index in [2.05, 4.69) is 20.9 Å². The summed E-state index contributed by atoms with van der Waals surface area (Å²) in [6.45, 7) is 1.35. The van der Waals surface area contributed by atoms with Gasteiger partial charge in [0.25, 0.3) is 5.91 Å². The molecule has 6 nitrogen and oxygen atoms in total. The molecule has 1 aromatic heterocycles. The molecule has 1 aromatic carbocycles. The van der Waals surface area contributed by atoms with Crippen molar-refractivity contribution in [2.75, 3.05) is 20.1 Å². The van der Waals surface area contributed by atoms with Crippen LogP contribution in [0.4, 0.5) is 0 Å². The molecule has 0 spiro atoms. The largest absolute Gasteiger partial charge is 0.351 e. The first-order valence-corrected chi connectivity index (χ1v) is 5.44. The molecule has 2 aromatic rings. The molecule has 90 valence electrons. The number of aryl methyl sites for hydroxylation is 1. The fourth-order valence-electron chi connectivity index (χ4n) is 1.58. The van der Waals surface area contributed by atoms with E-state index in [-0.39, 0.29) is 5.91 Å². The molecular weight excluding hydrogens is 218 g/mol. The second-order valence-electron chi connectivity index (χ2n) is 3.78. The standard InChI is InChI=1S/C11H15N5O/c1-12-5-6-13-11(17)8-3-4-10-9(7-8)14-15-16(10)2/h3-4,7,12H,5-6H2,1-2H3,(H,13,17). The first-order valence-electron chi connectivity index (χ1n) is 5.44. The van der Waals surface area contributed by atoms with Gasteiger partial charge < -0.3 is 10.6 Å². The number of rotatable bonds is 4. The van der Waals surface area contributed by atoms with Gasteiger partial charge in [0.2, 0.25) is 0 Å². The summed E-state index contributed by atoms with van der Waals surface area (Å²) in [5.41, 5.74) is 2.25. The van der Waals surface area contributed by atoms with E-state index in [1.807, 2.05) is 20.2 Å². The number of nitrogens with one attached hydrogen (secondary N) is 2. The molecule has 0 fully saturated rings. The van der Waals surface area contributed by atoms with E-state index in [4.69, 9.17) is 0 Å². The lowest BCUT2D eigenvalue weighted by atomic mass is 10.2. The Hall–Kier alpha value is -1.95. The summed E-state index contributed by atoms with van der Waals surface area (Å²) >= 11 is 0. The summed E-state index contributed by atoms with van der Waals surface area (Å²) in [7, 11) is 3.67. The molecule has 0 aliphatic heterocycles. The summed E-state index contributed by atoms with van der Waals surface area (Å²) in [4.78, 5) is 11.8. The van der Waals surface area contributed by atoms with Gasteiger partial charge in [0.05, 0.1) is 5.52 Å². The SMILES string of the molecule is CNCCNC(=O)c1ccc2c(c1)nnn2C. The van der Waals surface area contributed by atoms with Gasteiger partial charge in [-0.1, -0.05) is 5.21 Å². The Kier molecular flexibility index (Phi) is 3.34. The fraction of sp³-hybridized carbons (Fsp3) is 0.364. The number of benzene rings is 1. The van der Waals surface area contributed by atoms with Gasteiger partial charge >= 0.3 is 0 Å². The maximum absolute atomic E-state index is 11.8. The fourth-order valence-corrected chi connectivity index (χ4v) is 1.58. The van der Waals surface area contributed by atoms with E-state index in [0.29, 0.717) is 12.1 Å². The van der Waals surface area contributed by atoms with Crippen molar-refractivity contribution in [1.29, 1.82) is 0 Å². The molecule has 0 saturated carbocycles. The van der Waals surface area contributed by atoms with Crippen molar-refractivity contribution < 1.29 is 4.79 Å². The maximum atomic E-state index is 11.8. The van der Waals surface area contributed by atoms with Crippen LogP contribution >= 0.6 is 0 Å². The molecule has 1 amide bonds. The summed E-state index contributed by atoms with van der Waals surface area (Å²) in [5.74, 6) is -0.0900. The summed E-state index contributed by atoms with van der Waals surface area (Å²) in [6, 6.07) is 5.37. The lowest BCUT2D eigenvalue weighted by Gasteiger charge is -2.04. The quantitative estimate of drug-likeness (QED) is 0.724. The van der Waals surface area contributed by atoms with Crippen LogP contribution in [0, 0.1) is 0 Å². The van der Waals surface area contributed by atoms with Gasteiger partial charge in [-0.25, -0.2) is 4.68 Å². The van der Waals surface area contributed by atoms with Gasteiger partial charge in [0, 0.05) is 25.7 Å². The van der Waals surface area contributed by atoms with E-state index in [1.165, 1.54) is 0 Å². The maximum Gasteiger partial charge on any atom is 0.251 e. The molecular formula is C11H15N5O. The number of fused-ring (bicyclic) bond motifs is 1. The monoisotopic (exact) mass is 233 g/mol. The molecule has 1 heterocycles. The van der Waals surface area contributed by atoms with Crippen LogP contribution in [0.25, 0.3) is 11.0 Å². The van der Waals surface area contributed by atoms with Gasteiger partial charge in [-0.05, 0) is 25.2 Å². The van der Waals surface area contributed by atoms with Crippen LogP contribution < -0.4 is 10.6 Å². The molecule has 0 aliphatic carbocycles. The number of carbonyl (C=O) groups is 1. The van der Waals surface area contributed by atoms with Crippen LogP contribution in [0.5, 0.6) is 0 Å². The van der Waals surface area contributed by atoms with Crippen LogP contribution in [-0.4, -0.2) is 41.0 Å². The first-order chi connectivity index (χ1) is 8.22. The van der Waals surface area contributed by atoms with Crippen molar-refractivity contribution in [3.8, 4) is 0 Å². The van der Waals surface area contributed by atoms with Gasteiger partial charge in [0.15, 0.2) is 0 Å². The van der Waals surface area contributed by atoms with Crippen molar-refractivity contribution in [1.82, 2.24) is 25.6 Å². The molecule has 17 heavy (non-hydrogen) atoms. The van der Waals surface area contributed by atoms with Crippen molar-refractivity contribution in [3.05, 3.63) is 23.8 Å². The average molecular weight is 233 g/mol. The number of hydrogen-bond acceptors (Lipinski definition) is 4. The summed E-state index contributed by atoms with van der Waals surface area (Å²) < 4.78 is 1.68. The highest BCUT2D eigenvalue weighted by atomic mass is 16.1. The lowest BCUT2D eigenvalue weighted by Crippen LogP contribution is -2.30. The third-order valence-electron chi connectivity index (χ3n) is 2.53. The average Bonchev–Trinajstić information content (AvgIpc) is 2.71. The zero-order valence-corrected chi connectivity index (χ0v) is 9.90. The predicted octanol–water partition coefficient (Wildman–Crippen LogP) is -0.0825. The molecule has 0 aliphatic rings. The number of likely N-dealkylation sites (N-methyl/N-ethyl adjacent to an activating group) is 1. The molecule has 0 atom stereocenters. The van der Waals surface area contributed by atoms with Gasteiger partial charge in [0.1, 0.15) is 5.52 Å². The van der Waals surface area contributed by atoms with Crippen molar-refractivity contribution in [3.63, 3.8) is 0 Å². The van der Waals surface area contributed by atoms with Crippen molar-refractivity contribution in [2.45, 2.75) is 0 Å². The number of aromatic nitrogens is 3. The number of carbonyl (C=O) groups excluding carboxylic acids is 1. The number of nitrogens with zero attached hydrogens (tertiary/aromatic N) is 3. The van der Waals surface area contributed by atoms with Gasteiger partial charge in [-0.3, -0.25) is 4.79 Å². The van der Waals surface area contributed by atoms with E-state index in [9.17, 15) is 4.79 Å². The Labute approximate surface area is 99.0 Å². The molecule has 6 heteroatoms. The molecule has 0 unspecified atom stereocenters. The predicted molar refractivity (Wildman–Crippen MR) is 64.8 cm³/mol. The number of amides is 1. The van der Waals surface area contributed by atoms with Crippen LogP contribution in [0.15, 0.2) is 18.2 Å². The highest BCUT2D eigenvalue weighted by molar-refractivity contribution is 5.97. The minimum Gasteiger partial charge on any atom is -0.351 e. The first kappa shape index (κ1) is 11.5. The van der Waals surface area contributed by atoms with Crippen LogP contribution in [0.2, 0.25) is 0 Å². The lowest BCUT2D eigenvalue weighted by molar-refractivity contribution is 0.0954. The summed E-state index contributed by atoms with van der Waals surface area (Å²) in [6.07, 6.45) is 0. The van der Waals surface area contributed by atoms with E-state index in [1.54, 1.807) is 16.8 Å². The second-order valence-corrected chi connectivity index (χ2v) is 3.78. The van der Waals surface area contributed by atoms with E-state index in [0.717, 1.165) is 17.6 Å². The minimum atomic E-state index is -0.0900. The third kappa shape index (κ3) is 2.42. The molecule has 2 rings (SSSR count). The minimum absolute atomic E-state index is 0.0900. The van der Waals surface area contributed by atoms with Crippen LogP contribution in [0.3, 0.4) is 0 Å².